The number of hydrogen-bond donors (Lipinski definition) is 0. The molecule has 1 aliphatic heterocycles. The van der Waals surface area contributed by atoms with Gasteiger partial charge in [0.2, 0.25) is 6.10 Å². The highest BCUT2D eigenvalue weighted by atomic mass is 16.6. The minimum atomic E-state index is -0.773. The molecule has 2 aromatic rings. The van der Waals surface area contributed by atoms with Crippen LogP contribution in [0.2, 0.25) is 0 Å². The van der Waals surface area contributed by atoms with E-state index in [9.17, 15) is 9.59 Å². The molecule has 0 unspecified atom stereocenters. The third-order valence-corrected chi connectivity index (χ3v) is 4.00. The van der Waals surface area contributed by atoms with E-state index in [4.69, 9.17) is 18.7 Å². The SMILES string of the molecule is Cc1noc(C)c1COc1ccc(CC(=O)O[C@H]2CCOC2=O)cc1. The molecule has 0 saturated carbocycles. The van der Waals surface area contributed by atoms with Crippen molar-refractivity contribution in [1.29, 1.82) is 0 Å². The molecule has 1 saturated heterocycles. The van der Waals surface area contributed by atoms with Crippen LogP contribution in [0.4, 0.5) is 0 Å². The van der Waals surface area contributed by atoms with Gasteiger partial charge < -0.3 is 18.7 Å². The number of carbonyl (C=O) groups is 2. The topological polar surface area (TPSA) is 87.9 Å². The highest BCUT2D eigenvalue weighted by Crippen LogP contribution is 2.18. The lowest BCUT2D eigenvalue weighted by atomic mass is 10.1. The summed E-state index contributed by atoms with van der Waals surface area (Å²) in [5.74, 6) is 0.489. The van der Waals surface area contributed by atoms with Crippen LogP contribution < -0.4 is 4.74 Å². The van der Waals surface area contributed by atoms with Gasteiger partial charge in [0.1, 0.15) is 18.1 Å². The lowest BCUT2D eigenvalue weighted by molar-refractivity contribution is -0.159. The van der Waals surface area contributed by atoms with Gasteiger partial charge in [-0.1, -0.05) is 17.3 Å². The average molecular weight is 345 g/mol. The number of benzene rings is 1. The van der Waals surface area contributed by atoms with Crippen molar-refractivity contribution in [3.05, 3.63) is 46.8 Å². The second kappa shape index (κ2) is 7.38. The van der Waals surface area contributed by atoms with Gasteiger partial charge in [0, 0.05) is 6.42 Å². The van der Waals surface area contributed by atoms with Crippen molar-refractivity contribution in [3.63, 3.8) is 0 Å². The lowest BCUT2D eigenvalue weighted by Gasteiger charge is -2.09. The molecule has 0 aliphatic carbocycles. The van der Waals surface area contributed by atoms with Crippen LogP contribution in [0.1, 0.15) is 29.0 Å². The van der Waals surface area contributed by atoms with Gasteiger partial charge in [0.25, 0.3) is 0 Å². The summed E-state index contributed by atoms with van der Waals surface area (Å²) in [6, 6.07) is 7.14. The van der Waals surface area contributed by atoms with E-state index in [1.54, 1.807) is 24.3 Å². The summed E-state index contributed by atoms with van der Waals surface area (Å²) in [5.41, 5.74) is 2.51. The molecule has 1 aromatic heterocycles. The zero-order chi connectivity index (χ0) is 17.8. The van der Waals surface area contributed by atoms with Gasteiger partial charge in [-0.2, -0.15) is 0 Å². The van der Waals surface area contributed by atoms with Crippen LogP contribution in [-0.4, -0.2) is 29.8 Å². The Bertz CT molecular complexity index is 745. The van der Waals surface area contributed by atoms with Crippen molar-refractivity contribution in [2.24, 2.45) is 0 Å². The van der Waals surface area contributed by atoms with E-state index in [1.165, 1.54) is 0 Å². The third kappa shape index (κ3) is 4.17. The molecular weight excluding hydrogens is 326 g/mol. The molecule has 1 aromatic carbocycles. The first kappa shape index (κ1) is 17.0. The van der Waals surface area contributed by atoms with Crippen molar-refractivity contribution in [1.82, 2.24) is 5.16 Å². The standard InChI is InChI=1S/C18H19NO6/c1-11-15(12(2)25-19-11)10-23-14-5-3-13(4-6-14)9-17(20)24-16-7-8-22-18(16)21/h3-6,16H,7-10H2,1-2H3/t16-/m0/s1. The molecule has 0 radical (unpaired) electrons. The predicted octanol–water partition coefficient (Wildman–Crippen LogP) is 2.27. The van der Waals surface area contributed by atoms with Crippen LogP contribution in [0.3, 0.4) is 0 Å². The molecule has 7 nitrogen and oxygen atoms in total. The van der Waals surface area contributed by atoms with E-state index in [2.05, 4.69) is 5.16 Å². The summed E-state index contributed by atoms with van der Waals surface area (Å²) >= 11 is 0. The minimum Gasteiger partial charge on any atom is -0.489 e. The Morgan fingerprint density at radius 2 is 2.04 bits per heavy atom. The molecular formula is C18H19NO6. The third-order valence-electron chi connectivity index (χ3n) is 4.00. The number of ether oxygens (including phenoxy) is 3. The van der Waals surface area contributed by atoms with Crippen molar-refractivity contribution in [2.45, 2.75) is 39.4 Å². The molecule has 0 bridgehead atoms. The fourth-order valence-corrected chi connectivity index (χ4v) is 2.52. The smallest absolute Gasteiger partial charge is 0.347 e. The molecule has 25 heavy (non-hydrogen) atoms. The molecule has 1 atom stereocenters. The van der Waals surface area contributed by atoms with Crippen LogP contribution >= 0.6 is 0 Å². The number of rotatable bonds is 6. The Kier molecular flexibility index (Phi) is 5.02. The number of nitrogens with zero attached hydrogens (tertiary/aromatic N) is 1. The average Bonchev–Trinajstić information content (AvgIpc) is 3.13. The largest absolute Gasteiger partial charge is 0.489 e. The van der Waals surface area contributed by atoms with E-state index in [0.717, 1.165) is 22.6 Å². The summed E-state index contributed by atoms with van der Waals surface area (Å²) in [6.07, 6.45) is -0.266. The quantitative estimate of drug-likeness (QED) is 0.742. The second-order valence-corrected chi connectivity index (χ2v) is 5.85. The van der Waals surface area contributed by atoms with Gasteiger partial charge in [-0.25, -0.2) is 4.79 Å². The molecule has 2 heterocycles. The summed E-state index contributed by atoms with van der Waals surface area (Å²) < 4.78 is 20.7. The van der Waals surface area contributed by atoms with E-state index in [-0.39, 0.29) is 6.42 Å². The maximum atomic E-state index is 11.9. The van der Waals surface area contributed by atoms with Crippen LogP contribution in [0.15, 0.2) is 28.8 Å². The maximum absolute atomic E-state index is 11.9. The molecule has 132 valence electrons. The molecule has 0 amide bonds. The van der Waals surface area contributed by atoms with Crippen LogP contribution in [0, 0.1) is 13.8 Å². The fraction of sp³-hybridized carbons (Fsp3) is 0.389. The number of aryl methyl sites for hydroxylation is 2. The number of carbonyl (C=O) groups excluding carboxylic acids is 2. The fourth-order valence-electron chi connectivity index (χ4n) is 2.52. The van der Waals surface area contributed by atoms with Crippen LogP contribution in [0.25, 0.3) is 0 Å². The van der Waals surface area contributed by atoms with Gasteiger partial charge in [-0.3, -0.25) is 4.79 Å². The molecule has 0 N–H and O–H groups in total. The van der Waals surface area contributed by atoms with E-state index in [1.807, 2.05) is 13.8 Å². The molecule has 1 aliphatic rings. The van der Waals surface area contributed by atoms with Gasteiger partial charge >= 0.3 is 11.9 Å². The highest BCUT2D eigenvalue weighted by Gasteiger charge is 2.30. The Balaban J connectivity index is 1.51. The van der Waals surface area contributed by atoms with Crippen molar-refractivity contribution >= 4 is 11.9 Å². The number of aromatic nitrogens is 1. The van der Waals surface area contributed by atoms with Gasteiger partial charge in [0.05, 0.1) is 24.3 Å². The molecule has 7 heteroatoms. The summed E-state index contributed by atoms with van der Waals surface area (Å²) in [4.78, 5) is 23.2. The second-order valence-electron chi connectivity index (χ2n) is 5.85. The highest BCUT2D eigenvalue weighted by molar-refractivity contribution is 5.81. The normalized spacial score (nSPS) is 16.6. The Morgan fingerprint density at radius 1 is 1.28 bits per heavy atom. The number of hydrogen-bond acceptors (Lipinski definition) is 7. The Morgan fingerprint density at radius 3 is 2.64 bits per heavy atom. The molecule has 1 fully saturated rings. The zero-order valence-corrected chi connectivity index (χ0v) is 14.1. The minimum absolute atomic E-state index is 0.0912. The molecule has 3 rings (SSSR count). The lowest BCUT2D eigenvalue weighted by Crippen LogP contribution is -2.23. The van der Waals surface area contributed by atoms with Gasteiger partial charge in [-0.05, 0) is 31.5 Å². The van der Waals surface area contributed by atoms with Crippen molar-refractivity contribution < 1.29 is 28.3 Å². The first-order valence-corrected chi connectivity index (χ1v) is 8.02. The predicted molar refractivity (Wildman–Crippen MR) is 85.9 cm³/mol. The zero-order valence-electron chi connectivity index (χ0n) is 14.1. The first-order chi connectivity index (χ1) is 12.0. The Labute approximate surface area is 144 Å². The monoisotopic (exact) mass is 345 g/mol. The van der Waals surface area contributed by atoms with E-state index in [0.29, 0.717) is 25.4 Å². The van der Waals surface area contributed by atoms with Gasteiger partial charge in [0.15, 0.2) is 0 Å². The van der Waals surface area contributed by atoms with Crippen LogP contribution in [0.5, 0.6) is 5.75 Å². The summed E-state index contributed by atoms with van der Waals surface area (Å²) in [7, 11) is 0. The van der Waals surface area contributed by atoms with E-state index < -0.39 is 18.0 Å². The Hall–Kier alpha value is -2.83. The van der Waals surface area contributed by atoms with Crippen LogP contribution in [-0.2, 0) is 32.1 Å². The maximum Gasteiger partial charge on any atom is 0.347 e. The molecule has 0 spiro atoms. The van der Waals surface area contributed by atoms with Crippen molar-refractivity contribution in [3.8, 4) is 5.75 Å². The summed E-state index contributed by atoms with van der Waals surface area (Å²) in [6.45, 7) is 4.37. The first-order valence-electron chi connectivity index (χ1n) is 8.02. The van der Waals surface area contributed by atoms with Crippen molar-refractivity contribution in [2.75, 3.05) is 6.61 Å². The number of cyclic esters (lactones) is 1. The van der Waals surface area contributed by atoms with Gasteiger partial charge in [-0.15, -0.1) is 0 Å². The van der Waals surface area contributed by atoms with E-state index >= 15 is 0 Å². The summed E-state index contributed by atoms with van der Waals surface area (Å²) in [5, 5.41) is 3.88. The number of esters is 2.